The van der Waals surface area contributed by atoms with Crippen LogP contribution in [0.25, 0.3) is 10.8 Å². The van der Waals surface area contributed by atoms with Gasteiger partial charge < -0.3 is 24.6 Å². The highest BCUT2D eigenvalue weighted by molar-refractivity contribution is 5.97. The number of hydrogen-bond donors (Lipinski definition) is 2. The van der Waals surface area contributed by atoms with E-state index in [9.17, 15) is 14.4 Å². The molecule has 46 heavy (non-hydrogen) atoms. The molecule has 3 aliphatic rings. The Morgan fingerprint density at radius 3 is 2.17 bits per heavy atom. The van der Waals surface area contributed by atoms with Gasteiger partial charge in [0.25, 0.3) is 11.5 Å². The fourth-order valence-corrected chi connectivity index (χ4v) is 6.76. The third kappa shape index (κ3) is 5.67. The Bertz CT molecular complexity index is 1790. The third-order valence-corrected chi connectivity index (χ3v) is 9.31. The summed E-state index contributed by atoms with van der Waals surface area (Å²) < 4.78 is 11.6. The molecule has 10 nitrogen and oxygen atoms in total. The van der Waals surface area contributed by atoms with Crippen LogP contribution in [0.4, 0.5) is 5.69 Å². The summed E-state index contributed by atoms with van der Waals surface area (Å²) in [7, 11) is 0. The van der Waals surface area contributed by atoms with Crippen molar-refractivity contribution in [1.29, 1.82) is 0 Å². The predicted molar refractivity (Wildman–Crippen MR) is 175 cm³/mol. The lowest BCUT2D eigenvalue weighted by Gasteiger charge is -2.35. The Labute approximate surface area is 267 Å². The molecule has 2 N–H and O–H groups in total. The number of carbonyl (C=O) groups is 2. The molecule has 238 valence electrons. The van der Waals surface area contributed by atoms with Gasteiger partial charge in [-0.05, 0) is 62.1 Å². The number of carbonyl (C=O) groups excluding carboxylic acids is 2. The largest absolute Gasteiger partial charge is 0.377 e. The van der Waals surface area contributed by atoms with Gasteiger partial charge in [0, 0.05) is 67.5 Å². The van der Waals surface area contributed by atoms with E-state index in [2.05, 4.69) is 27.6 Å². The van der Waals surface area contributed by atoms with Crippen molar-refractivity contribution >= 4 is 28.3 Å². The van der Waals surface area contributed by atoms with Crippen molar-refractivity contribution in [2.75, 3.05) is 44.7 Å². The van der Waals surface area contributed by atoms with Gasteiger partial charge in [0.1, 0.15) is 0 Å². The van der Waals surface area contributed by atoms with Gasteiger partial charge in [-0.2, -0.15) is 5.10 Å². The second kappa shape index (κ2) is 12.7. The van der Waals surface area contributed by atoms with Gasteiger partial charge >= 0.3 is 0 Å². The van der Waals surface area contributed by atoms with Crippen molar-refractivity contribution < 1.29 is 19.1 Å². The number of nitrogens with zero attached hydrogens (tertiary/aromatic N) is 3. The zero-order chi connectivity index (χ0) is 31.8. The molecule has 3 aromatic carbocycles. The second-order valence-electron chi connectivity index (χ2n) is 12.2. The average molecular weight is 622 g/mol. The van der Waals surface area contributed by atoms with E-state index in [0.717, 1.165) is 46.3 Å². The molecule has 2 amide bonds. The lowest BCUT2D eigenvalue weighted by atomic mass is 9.79. The first-order valence-electron chi connectivity index (χ1n) is 16.3. The number of nitrogens with one attached hydrogen (secondary N) is 2. The molecule has 10 heteroatoms. The molecule has 7 rings (SSSR count). The highest BCUT2D eigenvalue weighted by atomic mass is 16.7. The Kier molecular flexibility index (Phi) is 8.31. The first kappa shape index (κ1) is 30.1. The van der Waals surface area contributed by atoms with Crippen molar-refractivity contribution in [2.24, 2.45) is 5.92 Å². The maximum Gasteiger partial charge on any atom is 0.272 e. The number of benzene rings is 3. The van der Waals surface area contributed by atoms with E-state index in [1.165, 1.54) is 0 Å². The number of piperazine rings is 1. The average Bonchev–Trinajstić information content (AvgIpc) is 3.95. The monoisotopic (exact) mass is 621 g/mol. The van der Waals surface area contributed by atoms with Gasteiger partial charge in [0.15, 0.2) is 6.29 Å². The van der Waals surface area contributed by atoms with E-state index in [-0.39, 0.29) is 35.3 Å². The van der Waals surface area contributed by atoms with Crippen LogP contribution in [-0.4, -0.2) is 71.2 Å². The lowest BCUT2D eigenvalue weighted by Crippen LogP contribution is -2.51. The van der Waals surface area contributed by atoms with Crippen LogP contribution >= 0.6 is 0 Å². The van der Waals surface area contributed by atoms with Gasteiger partial charge in [-0.3, -0.25) is 14.4 Å². The van der Waals surface area contributed by atoms with Crippen LogP contribution in [0.1, 0.15) is 77.7 Å². The first-order chi connectivity index (χ1) is 22.5. The SMILES string of the molecule is CCOC(OCC)c1ccc(C2Nc3cccc4c(=O)[nH]nc(c34)C2c2ccc(C(=O)N3CCN(C(=O)C4CC4)CC3)cc2)cc1. The molecule has 2 aliphatic heterocycles. The fraction of sp³-hybridized carbons (Fsp3) is 0.389. The molecule has 1 aromatic heterocycles. The summed E-state index contributed by atoms with van der Waals surface area (Å²) in [6, 6.07) is 21.4. The number of amides is 2. The number of hydrogen-bond acceptors (Lipinski definition) is 7. The molecule has 2 atom stereocenters. The summed E-state index contributed by atoms with van der Waals surface area (Å²) in [5.41, 5.74) is 4.93. The van der Waals surface area contributed by atoms with Gasteiger partial charge in [-0.1, -0.05) is 42.5 Å². The summed E-state index contributed by atoms with van der Waals surface area (Å²) in [6.07, 6.45) is 1.54. The standard InChI is InChI=1S/C36H39N5O5/c1-3-45-36(46-4-2)26-16-10-23(11-17-26)31-29(32-30-27(33(42)39-38-32)6-5-7-28(30)37-31)22-8-12-24(13-9-22)34(43)40-18-20-41(21-19-40)35(44)25-14-15-25/h5-13,16-17,25,29,31,36-37H,3-4,14-15,18-21H2,1-2H3,(H,39,42). The quantitative estimate of drug-likeness (QED) is 0.253. The van der Waals surface area contributed by atoms with Crippen molar-refractivity contribution in [1.82, 2.24) is 20.0 Å². The molecule has 1 aliphatic carbocycles. The van der Waals surface area contributed by atoms with E-state index in [0.29, 0.717) is 50.3 Å². The normalized spacial score (nSPS) is 19.4. The minimum absolute atomic E-state index is 0.0352. The Morgan fingerprint density at radius 2 is 1.52 bits per heavy atom. The van der Waals surface area contributed by atoms with Crippen molar-refractivity contribution in [3.63, 3.8) is 0 Å². The second-order valence-corrected chi connectivity index (χ2v) is 12.2. The summed E-state index contributed by atoms with van der Waals surface area (Å²) in [5, 5.41) is 12.4. The lowest BCUT2D eigenvalue weighted by molar-refractivity contribution is -0.140. The maximum absolute atomic E-state index is 13.5. The topological polar surface area (TPSA) is 117 Å². The van der Waals surface area contributed by atoms with Gasteiger partial charge in [0.05, 0.1) is 23.0 Å². The number of anilines is 1. The molecular weight excluding hydrogens is 582 g/mol. The maximum atomic E-state index is 13.5. The van der Waals surface area contributed by atoms with Crippen molar-refractivity contribution in [2.45, 2.75) is 44.9 Å². The molecule has 4 aromatic rings. The summed E-state index contributed by atoms with van der Waals surface area (Å²) >= 11 is 0. The zero-order valence-corrected chi connectivity index (χ0v) is 26.2. The minimum Gasteiger partial charge on any atom is -0.377 e. The number of aromatic nitrogens is 2. The first-order valence-corrected chi connectivity index (χ1v) is 16.3. The van der Waals surface area contributed by atoms with E-state index < -0.39 is 6.29 Å². The van der Waals surface area contributed by atoms with Crippen molar-refractivity contribution in [3.05, 3.63) is 105 Å². The van der Waals surface area contributed by atoms with Crippen molar-refractivity contribution in [3.8, 4) is 0 Å². The number of ether oxygens (including phenoxy) is 2. The number of rotatable bonds is 9. The van der Waals surface area contributed by atoms with Gasteiger partial charge in [0.2, 0.25) is 5.91 Å². The fourth-order valence-electron chi connectivity index (χ4n) is 6.76. The van der Waals surface area contributed by atoms with Crippen LogP contribution in [0.15, 0.2) is 71.5 Å². The highest BCUT2D eigenvalue weighted by Crippen LogP contribution is 2.46. The Hall–Kier alpha value is -4.54. The van der Waals surface area contributed by atoms with E-state index in [1.807, 2.05) is 78.2 Å². The van der Waals surface area contributed by atoms with Crippen LogP contribution in [0.3, 0.4) is 0 Å². The summed E-state index contributed by atoms with van der Waals surface area (Å²) in [6.45, 7) is 7.20. The minimum atomic E-state index is -0.438. The molecule has 1 saturated carbocycles. The van der Waals surface area contributed by atoms with Crippen LogP contribution < -0.4 is 10.9 Å². The molecule has 0 bridgehead atoms. The number of aromatic amines is 1. The zero-order valence-electron chi connectivity index (χ0n) is 26.2. The van der Waals surface area contributed by atoms with Crippen LogP contribution in [0, 0.1) is 5.92 Å². The predicted octanol–water partition coefficient (Wildman–Crippen LogP) is 4.99. The Morgan fingerprint density at radius 1 is 0.870 bits per heavy atom. The van der Waals surface area contributed by atoms with E-state index in [1.54, 1.807) is 0 Å². The van der Waals surface area contributed by atoms with Crippen LogP contribution in [0.2, 0.25) is 0 Å². The van der Waals surface area contributed by atoms with Crippen LogP contribution in [0.5, 0.6) is 0 Å². The molecule has 2 fully saturated rings. The molecule has 2 unspecified atom stereocenters. The summed E-state index contributed by atoms with van der Waals surface area (Å²) in [4.78, 5) is 42.4. The van der Waals surface area contributed by atoms with Crippen LogP contribution in [-0.2, 0) is 14.3 Å². The Balaban J connectivity index is 1.19. The van der Waals surface area contributed by atoms with Gasteiger partial charge in [-0.15, -0.1) is 0 Å². The van der Waals surface area contributed by atoms with Gasteiger partial charge in [-0.25, -0.2) is 5.10 Å². The molecule has 0 spiro atoms. The molecule has 0 radical (unpaired) electrons. The highest BCUT2D eigenvalue weighted by Gasteiger charge is 2.37. The molecule has 1 saturated heterocycles. The van der Waals surface area contributed by atoms with E-state index >= 15 is 0 Å². The smallest absolute Gasteiger partial charge is 0.272 e. The molecular formula is C36H39N5O5. The summed E-state index contributed by atoms with van der Waals surface area (Å²) in [5.74, 6) is 0.137. The molecule has 3 heterocycles. The third-order valence-electron chi connectivity index (χ3n) is 9.31. The van der Waals surface area contributed by atoms with E-state index in [4.69, 9.17) is 9.47 Å². The number of H-pyrrole nitrogens is 1.